The molecule has 174 valence electrons. The fourth-order valence-electron chi connectivity index (χ4n) is 3.89. The SMILES string of the molecule is CN(C)c1ccc2c(c1)OC(C)(C)[C@H](O)[C@H]2OC(=O)N(CCc1ccccc1)C(C)(C)C. The molecule has 2 aromatic rings. The van der Waals surface area contributed by atoms with Gasteiger partial charge in [0.15, 0.2) is 6.10 Å². The lowest BCUT2D eigenvalue weighted by molar-refractivity contribution is -0.119. The molecule has 6 nitrogen and oxygen atoms in total. The van der Waals surface area contributed by atoms with Gasteiger partial charge in [-0.2, -0.15) is 0 Å². The van der Waals surface area contributed by atoms with E-state index in [1.54, 1.807) is 18.7 Å². The van der Waals surface area contributed by atoms with Gasteiger partial charge in [-0.1, -0.05) is 30.3 Å². The summed E-state index contributed by atoms with van der Waals surface area (Å²) in [5, 5.41) is 11.0. The van der Waals surface area contributed by atoms with Crippen molar-refractivity contribution >= 4 is 11.8 Å². The lowest BCUT2D eigenvalue weighted by atomic mass is 9.88. The van der Waals surface area contributed by atoms with Crippen molar-refractivity contribution in [2.45, 2.75) is 64.4 Å². The topological polar surface area (TPSA) is 62.2 Å². The Kier molecular flexibility index (Phi) is 6.75. The highest BCUT2D eigenvalue weighted by molar-refractivity contribution is 5.69. The van der Waals surface area contributed by atoms with Crippen LogP contribution in [0.4, 0.5) is 10.5 Å². The number of rotatable bonds is 5. The van der Waals surface area contributed by atoms with Gasteiger partial charge in [-0.25, -0.2) is 4.79 Å². The van der Waals surface area contributed by atoms with Crippen LogP contribution >= 0.6 is 0 Å². The number of ether oxygens (including phenoxy) is 2. The number of hydrogen-bond donors (Lipinski definition) is 1. The first-order valence-corrected chi connectivity index (χ1v) is 11.1. The molecule has 1 N–H and O–H groups in total. The smallest absolute Gasteiger partial charge is 0.410 e. The second-order valence-corrected chi connectivity index (χ2v) is 10.1. The Morgan fingerprint density at radius 3 is 2.38 bits per heavy atom. The fourth-order valence-corrected chi connectivity index (χ4v) is 3.89. The molecule has 0 aliphatic carbocycles. The highest BCUT2D eigenvalue weighted by Gasteiger charge is 2.46. The van der Waals surface area contributed by atoms with Crippen LogP contribution in [0.3, 0.4) is 0 Å². The predicted molar refractivity (Wildman–Crippen MR) is 127 cm³/mol. The largest absolute Gasteiger partial charge is 0.484 e. The van der Waals surface area contributed by atoms with Crippen LogP contribution in [-0.2, 0) is 11.2 Å². The Bertz CT molecular complexity index is 935. The van der Waals surface area contributed by atoms with Crippen LogP contribution in [0.15, 0.2) is 48.5 Å². The molecule has 2 aromatic carbocycles. The number of hydrogen-bond acceptors (Lipinski definition) is 5. The van der Waals surface area contributed by atoms with Crippen molar-refractivity contribution in [3.8, 4) is 5.75 Å². The molecule has 2 atom stereocenters. The molecule has 32 heavy (non-hydrogen) atoms. The van der Waals surface area contributed by atoms with Crippen LogP contribution in [0.25, 0.3) is 0 Å². The number of aliphatic hydroxyl groups excluding tert-OH is 1. The van der Waals surface area contributed by atoms with Crippen LogP contribution in [0.5, 0.6) is 5.75 Å². The Hall–Kier alpha value is -2.73. The Morgan fingerprint density at radius 2 is 1.78 bits per heavy atom. The standard InChI is InChI=1S/C26H36N2O4/c1-25(2,3)28(16-15-18-11-9-8-10-12-18)24(30)31-22-20-14-13-19(27(6)7)17-21(20)32-26(4,5)23(22)29/h8-14,17,22-23,29H,15-16H2,1-7H3/t22-,23+/m0/s1. The van der Waals surface area contributed by atoms with E-state index in [0.29, 0.717) is 17.9 Å². The summed E-state index contributed by atoms with van der Waals surface area (Å²) in [7, 11) is 3.91. The van der Waals surface area contributed by atoms with Gasteiger partial charge in [0.1, 0.15) is 17.5 Å². The number of fused-ring (bicyclic) bond motifs is 1. The minimum absolute atomic E-state index is 0.435. The number of carbonyl (C=O) groups is 1. The molecule has 0 fully saturated rings. The van der Waals surface area contributed by atoms with E-state index in [0.717, 1.165) is 17.7 Å². The Labute approximate surface area is 191 Å². The molecule has 0 saturated carbocycles. The molecule has 0 bridgehead atoms. The summed E-state index contributed by atoms with van der Waals surface area (Å²) < 4.78 is 12.1. The van der Waals surface area contributed by atoms with E-state index in [2.05, 4.69) is 12.1 Å². The van der Waals surface area contributed by atoms with Gasteiger partial charge in [0.2, 0.25) is 0 Å². The summed E-state index contributed by atoms with van der Waals surface area (Å²) >= 11 is 0. The molecule has 0 radical (unpaired) electrons. The van der Waals surface area contributed by atoms with Crippen molar-refractivity contribution in [2.75, 3.05) is 25.5 Å². The molecule has 1 aliphatic rings. The lowest BCUT2D eigenvalue weighted by Gasteiger charge is -2.43. The third-order valence-electron chi connectivity index (χ3n) is 5.92. The van der Waals surface area contributed by atoms with Crippen molar-refractivity contribution in [2.24, 2.45) is 0 Å². The average Bonchev–Trinajstić information content (AvgIpc) is 2.70. The zero-order valence-corrected chi connectivity index (χ0v) is 20.3. The molecule has 1 amide bonds. The van der Waals surface area contributed by atoms with E-state index in [9.17, 15) is 9.90 Å². The maximum Gasteiger partial charge on any atom is 0.410 e. The second kappa shape index (κ2) is 9.02. The highest BCUT2D eigenvalue weighted by Crippen LogP contribution is 2.43. The van der Waals surface area contributed by atoms with Gasteiger partial charge in [0.05, 0.1) is 0 Å². The minimum atomic E-state index is -1.000. The van der Waals surface area contributed by atoms with Crippen molar-refractivity contribution in [3.05, 3.63) is 59.7 Å². The average molecular weight is 441 g/mol. The zero-order chi connectivity index (χ0) is 23.7. The molecule has 0 spiro atoms. The van der Waals surface area contributed by atoms with E-state index in [1.165, 1.54) is 0 Å². The second-order valence-electron chi connectivity index (χ2n) is 10.1. The molecule has 3 rings (SSSR count). The Morgan fingerprint density at radius 1 is 1.12 bits per heavy atom. The monoisotopic (exact) mass is 440 g/mol. The number of anilines is 1. The molecular formula is C26H36N2O4. The van der Waals surface area contributed by atoms with E-state index < -0.39 is 29.4 Å². The van der Waals surface area contributed by atoms with Gasteiger partial charge in [-0.05, 0) is 58.7 Å². The maximum atomic E-state index is 13.4. The van der Waals surface area contributed by atoms with Gasteiger partial charge >= 0.3 is 6.09 Å². The molecule has 1 aliphatic heterocycles. The molecule has 0 saturated heterocycles. The first-order valence-electron chi connectivity index (χ1n) is 11.1. The zero-order valence-electron chi connectivity index (χ0n) is 20.3. The van der Waals surface area contributed by atoms with Crippen LogP contribution in [0.1, 0.15) is 51.8 Å². The summed E-state index contributed by atoms with van der Waals surface area (Å²) in [6, 6.07) is 15.8. The van der Waals surface area contributed by atoms with E-state index >= 15 is 0 Å². The number of benzene rings is 2. The lowest BCUT2D eigenvalue weighted by Crippen LogP contribution is -2.52. The fraction of sp³-hybridized carbons (Fsp3) is 0.500. The highest BCUT2D eigenvalue weighted by atomic mass is 16.6. The van der Waals surface area contributed by atoms with Crippen LogP contribution < -0.4 is 9.64 Å². The van der Waals surface area contributed by atoms with Gasteiger partial charge < -0.3 is 24.4 Å². The van der Waals surface area contributed by atoms with Crippen molar-refractivity contribution in [1.82, 2.24) is 4.90 Å². The molecule has 0 unspecified atom stereocenters. The van der Waals surface area contributed by atoms with Crippen molar-refractivity contribution in [1.29, 1.82) is 0 Å². The van der Waals surface area contributed by atoms with Gasteiger partial charge in [0.25, 0.3) is 0 Å². The van der Waals surface area contributed by atoms with Crippen LogP contribution in [-0.4, -0.2) is 54.0 Å². The van der Waals surface area contributed by atoms with Crippen LogP contribution in [0, 0.1) is 0 Å². The van der Waals surface area contributed by atoms with Crippen molar-refractivity contribution in [3.63, 3.8) is 0 Å². The van der Waals surface area contributed by atoms with Crippen LogP contribution in [0.2, 0.25) is 0 Å². The molecule has 0 aromatic heterocycles. The Balaban J connectivity index is 1.86. The molecule has 6 heteroatoms. The van der Waals surface area contributed by atoms with E-state index in [-0.39, 0.29) is 0 Å². The summed E-state index contributed by atoms with van der Waals surface area (Å²) in [4.78, 5) is 17.1. The third kappa shape index (κ3) is 5.18. The van der Waals surface area contributed by atoms with E-state index in [1.807, 2.05) is 76.2 Å². The van der Waals surface area contributed by atoms with Gasteiger partial charge in [-0.15, -0.1) is 0 Å². The molecular weight excluding hydrogens is 404 g/mol. The van der Waals surface area contributed by atoms with E-state index in [4.69, 9.17) is 9.47 Å². The van der Waals surface area contributed by atoms with Gasteiger partial charge in [-0.3, -0.25) is 0 Å². The normalized spacial score (nSPS) is 19.5. The number of amides is 1. The number of carbonyl (C=O) groups excluding carboxylic acids is 1. The third-order valence-corrected chi connectivity index (χ3v) is 5.92. The summed E-state index contributed by atoms with van der Waals surface area (Å²) in [6.07, 6.45) is -1.55. The van der Waals surface area contributed by atoms with Gasteiger partial charge in [0, 0.05) is 43.5 Å². The minimum Gasteiger partial charge on any atom is -0.484 e. The number of nitrogens with zero attached hydrogens (tertiary/aromatic N) is 2. The molecule has 1 heterocycles. The summed E-state index contributed by atoms with van der Waals surface area (Å²) in [6.45, 7) is 10.1. The summed E-state index contributed by atoms with van der Waals surface area (Å²) in [5.41, 5.74) is 1.46. The predicted octanol–water partition coefficient (Wildman–Crippen LogP) is 4.81. The van der Waals surface area contributed by atoms with Crippen molar-refractivity contribution < 1.29 is 19.4 Å². The first-order chi connectivity index (χ1) is 14.9. The summed E-state index contributed by atoms with van der Waals surface area (Å²) in [5.74, 6) is 0.621. The quantitative estimate of drug-likeness (QED) is 0.723. The maximum absolute atomic E-state index is 13.4. The first kappa shape index (κ1) is 23.9. The number of aliphatic hydroxyl groups is 1.